The third-order valence-electron chi connectivity index (χ3n) is 3.24. The summed E-state index contributed by atoms with van der Waals surface area (Å²) in [6.07, 6.45) is 7.25. The molecule has 1 saturated heterocycles. The van der Waals surface area contributed by atoms with Gasteiger partial charge in [-0.3, -0.25) is 0 Å². The maximum atomic E-state index is 6.14. The van der Waals surface area contributed by atoms with Crippen LogP contribution in [0.3, 0.4) is 0 Å². The van der Waals surface area contributed by atoms with Gasteiger partial charge in [-0.05, 0) is 39.0 Å². The summed E-state index contributed by atoms with van der Waals surface area (Å²) < 4.78 is 5.71. The summed E-state index contributed by atoms with van der Waals surface area (Å²) in [5, 5.41) is 3.26. The number of nitrogens with zero attached hydrogens (tertiary/aromatic N) is 1. The molecule has 0 aliphatic carbocycles. The number of ether oxygens (including phenoxy) is 1. The average molecular weight is 254 g/mol. The van der Waals surface area contributed by atoms with Crippen LogP contribution in [-0.4, -0.2) is 23.7 Å². The second kappa shape index (κ2) is 6.47. The van der Waals surface area contributed by atoms with E-state index in [1.54, 1.807) is 11.3 Å². The second-order valence-corrected chi connectivity index (χ2v) is 5.86. The summed E-state index contributed by atoms with van der Waals surface area (Å²) in [6, 6.07) is 0.228. The molecule has 2 heterocycles. The van der Waals surface area contributed by atoms with Crippen LogP contribution in [0.15, 0.2) is 5.38 Å². The van der Waals surface area contributed by atoms with E-state index in [0.29, 0.717) is 6.10 Å². The van der Waals surface area contributed by atoms with Crippen LogP contribution in [0.2, 0.25) is 0 Å². The molecule has 4 heteroatoms. The van der Waals surface area contributed by atoms with Crippen molar-refractivity contribution in [3.63, 3.8) is 0 Å². The normalized spacial score (nSPS) is 22.6. The Morgan fingerprint density at radius 1 is 1.59 bits per heavy atom. The average Bonchev–Trinajstić information content (AvgIpc) is 2.73. The first kappa shape index (κ1) is 13.0. The van der Waals surface area contributed by atoms with E-state index in [-0.39, 0.29) is 6.04 Å². The predicted molar refractivity (Wildman–Crippen MR) is 71.4 cm³/mol. The van der Waals surface area contributed by atoms with Crippen LogP contribution in [0.1, 0.15) is 42.8 Å². The minimum atomic E-state index is 0.228. The van der Waals surface area contributed by atoms with Crippen LogP contribution < -0.4 is 5.73 Å². The number of thiazole rings is 1. The molecule has 2 rings (SSSR count). The third-order valence-corrected chi connectivity index (χ3v) is 4.23. The summed E-state index contributed by atoms with van der Waals surface area (Å²) >= 11 is 1.72. The van der Waals surface area contributed by atoms with Gasteiger partial charge in [-0.15, -0.1) is 11.3 Å². The van der Waals surface area contributed by atoms with E-state index >= 15 is 0 Å². The van der Waals surface area contributed by atoms with Crippen LogP contribution in [0.4, 0.5) is 0 Å². The molecule has 1 aromatic rings. The first-order valence-electron chi connectivity index (χ1n) is 6.52. The standard InChI is InChI=1S/C13H22N2OS/c1-10-9-17-13(15-10)8-11(14)5-6-12-4-2-3-7-16-12/h9,11-12H,2-8,14H2,1H3. The molecule has 0 amide bonds. The Labute approximate surface area is 107 Å². The largest absolute Gasteiger partial charge is 0.378 e. The molecule has 1 aliphatic heterocycles. The number of hydrogen-bond donors (Lipinski definition) is 1. The van der Waals surface area contributed by atoms with Gasteiger partial charge >= 0.3 is 0 Å². The molecule has 0 radical (unpaired) electrons. The number of rotatable bonds is 5. The lowest BCUT2D eigenvalue weighted by Crippen LogP contribution is -2.27. The fraction of sp³-hybridized carbons (Fsp3) is 0.769. The number of aryl methyl sites for hydroxylation is 1. The first-order chi connectivity index (χ1) is 8.24. The Balaban J connectivity index is 1.68. The summed E-state index contributed by atoms with van der Waals surface area (Å²) in [4.78, 5) is 4.45. The summed E-state index contributed by atoms with van der Waals surface area (Å²) in [5.41, 5.74) is 7.25. The molecule has 2 atom stereocenters. The molecule has 3 nitrogen and oxygen atoms in total. The van der Waals surface area contributed by atoms with Crippen molar-refractivity contribution in [1.82, 2.24) is 4.98 Å². The topological polar surface area (TPSA) is 48.1 Å². The molecule has 17 heavy (non-hydrogen) atoms. The van der Waals surface area contributed by atoms with Gasteiger partial charge in [-0.1, -0.05) is 0 Å². The minimum Gasteiger partial charge on any atom is -0.378 e. The lowest BCUT2D eigenvalue weighted by Gasteiger charge is -2.23. The third kappa shape index (κ3) is 4.37. The van der Waals surface area contributed by atoms with Gasteiger partial charge in [0.05, 0.1) is 11.1 Å². The van der Waals surface area contributed by atoms with E-state index in [1.165, 1.54) is 24.3 Å². The highest BCUT2D eigenvalue weighted by Crippen LogP contribution is 2.19. The molecular formula is C13H22N2OS. The molecule has 1 aromatic heterocycles. The van der Waals surface area contributed by atoms with Crippen molar-refractivity contribution < 1.29 is 4.74 Å². The molecule has 1 fully saturated rings. The van der Waals surface area contributed by atoms with Gasteiger partial charge in [-0.25, -0.2) is 4.98 Å². The van der Waals surface area contributed by atoms with Gasteiger partial charge in [0.15, 0.2) is 0 Å². The maximum Gasteiger partial charge on any atom is 0.0943 e. The van der Waals surface area contributed by atoms with Gasteiger partial charge in [0, 0.05) is 30.1 Å². The van der Waals surface area contributed by atoms with Gasteiger partial charge in [0.25, 0.3) is 0 Å². The summed E-state index contributed by atoms with van der Waals surface area (Å²) in [5.74, 6) is 0. The Kier molecular flexibility index (Phi) is 4.95. The van der Waals surface area contributed by atoms with Crippen LogP contribution in [0.5, 0.6) is 0 Å². The zero-order valence-corrected chi connectivity index (χ0v) is 11.3. The van der Waals surface area contributed by atoms with Crippen molar-refractivity contribution in [3.05, 3.63) is 16.1 Å². The minimum absolute atomic E-state index is 0.228. The maximum absolute atomic E-state index is 6.14. The summed E-state index contributed by atoms with van der Waals surface area (Å²) in [7, 11) is 0. The van der Waals surface area contributed by atoms with Crippen LogP contribution in [-0.2, 0) is 11.2 Å². The molecule has 0 spiro atoms. The van der Waals surface area contributed by atoms with E-state index in [1.807, 2.05) is 6.92 Å². The Hall–Kier alpha value is -0.450. The Bertz CT molecular complexity index is 334. The van der Waals surface area contributed by atoms with E-state index in [4.69, 9.17) is 10.5 Å². The zero-order valence-electron chi connectivity index (χ0n) is 10.5. The molecule has 2 unspecified atom stereocenters. The van der Waals surface area contributed by atoms with Crippen molar-refractivity contribution in [2.75, 3.05) is 6.61 Å². The summed E-state index contributed by atoms with van der Waals surface area (Å²) in [6.45, 7) is 2.97. The van der Waals surface area contributed by atoms with Gasteiger partial charge in [-0.2, -0.15) is 0 Å². The fourth-order valence-electron chi connectivity index (χ4n) is 2.26. The Morgan fingerprint density at radius 2 is 2.47 bits per heavy atom. The van der Waals surface area contributed by atoms with Crippen LogP contribution >= 0.6 is 11.3 Å². The number of hydrogen-bond acceptors (Lipinski definition) is 4. The second-order valence-electron chi connectivity index (χ2n) is 4.91. The van der Waals surface area contributed by atoms with Gasteiger partial charge in [0.1, 0.15) is 0 Å². The van der Waals surface area contributed by atoms with E-state index in [0.717, 1.165) is 31.6 Å². The van der Waals surface area contributed by atoms with E-state index < -0.39 is 0 Å². The van der Waals surface area contributed by atoms with Crippen LogP contribution in [0, 0.1) is 6.92 Å². The molecule has 0 aromatic carbocycles. The quantitative estimate of drug-likeness (QED) is 0.879. The molecule has 0 bridgehead atoms. The highest BCUT2D eigenvalue weighted by Gasteiger charge is 2.15. The highest BCUT2D eigenvalue weighted by molar-refractivity contribution is 7.09. The zero-order chi connectivity index (χ0) is 12.1. The first-order valence-corrected chi connectivity index (χ1v) is 7.40. The van der Waals surface area contributed by atoms with E-state index in [2.05, 4.69) is 10.4 Å². The van der Waals surface area contributed by atoms with E-state index in [9.17, 15) is 0 Å². The Morgan fingerprint density at radius 3 is 3.12 bits per heavy atom. The van der Waals surface area contributed by atoms with Crippen molar-refractivity contribution in [3.8, 4) is 0 Å². The number of aromatic nitrogens is 1. The SMILES string of the molecule is Cc1csc(CC(N)CCC2CCCCO2)n1. The smallest absolute Gasteiger partial charge is 0.0943 e. The van der Waals surface area contributed by atoms with Crippen molar-refractivity contribution in [2.45, 2.75) is 57.6 Å². The molecule has 96 valence electrons. The molecule has 2 N–H and O–H groups in total. The van der Waals surface area contributed by atoms with Crippen molar-refractivity contribution in [2.24, 2.45) is 5.73 Å². The monoisotopic (exact) mass is 254 g/mol. The molecule has 1 aliphatic rings. The van der Waals surface area contributed by atoms with Crippen molar-refractivity contribution in [1.29, 1.82) is 0 Å². The highest BCUT2D eigenvalue weighted by atomic mass is 32.1. The van der Waals surface area contributed by atoms with Gasteiger partial charge in [0.2, 0.25) is 0 Å². The van der Waals surface area contributed by atoms with Gasteiger partial charge < -0.3 is 10.5 Å². The lowest BCUT2D eigenvalue weighted by molar-refractivity contribution is 0.00915. The molecular weight excluding hydrogens is 232 g/mol. The fourth-order valence-corrected chi connectivity index (χ4v) is 3.12. The lowest BCUT2D eigenvalue weighted by atomic mass is 10.0. The molecule has 0 saturated carbocycles. The van der Waals surface area contributed by atoms with Crippen molar-refractivity contribution >= 4 is 11.3 Å². The number of nitrogens with two attached hydrogens (primary N) is 1. The van der Waals surface area contributed by atoms with Crippen LogP contribution in [0.25, 0.3) is 0 Å². The predicted octanol–water partition coefficient (Wildman–Crippen LogP) is 2.67.